The minimum atomic E-state index is -4.00. The number of hydrogen-bond donors (Lipinski definition) is 1. The molecule has 0 spiro atoms. The topological polar surface area (TPSA) is 110 Å². The molecule has 1 amide bonds. The van der Waals surface area contributed by atoms with Gasteiger partial charge in [-0.25, -0.2) is 8.42 Å². The normalized spacial score (nSPS) is 11.3. The third kappa shape index (κ3) is 4.85. The van der Waals surface area contributed by atoms with Crippen molar-refractivity contribution in [3.63, 3.8) is 0 Å². The number of benzene rings is 2. The second-order valence-corrected chi connectivity index (χ2v) is 7.32. The zero-order chi connectivity index (χ0) is 18.4. The van der Waals surface area contributed by atoms with E-state index in [-0.39, 0.29) is 17.1 Å². The first-order valence-corrected chi connectivity index (χ1v) is 8.76. The van der Waals surface area contributed by atoms with Crippen LogP contribution in [0.1, 0.15) is 5.56 Å². The van der Waals surface area contributed by atoms with Crippen molar-refractivity contribution < 1.29 is 18.1 Å². The first-order chi connectivity index (χ1) is 11.8. The molecule has 9 heteroatoms. The summed E-state index contributed by atoms with van der Waals surface area (Å²) in [5.41, 5.74) is 0.558. The van der Waals surface area contributed by atoms with Crippen molar-refractivity contribution >= 4 is 21.6 Å². The lowest BCUT2D eigenvalue weighted by atomic mass is 10.2. The summed E-state index contributed by atoms with van der Waals surface area (Å²) >= 11 is 0. The van der Waals surface area contributed by atoms with Crippen molar-refractivity contribution in [1.82, 2.24) is 9.62 Å². The Morgan fingerprint density at radius 3 is 2.48 bits per heavy atom. The van der Waals surface area contributed by atoms with Crippen LogP contribution in [0.2, 0.25) is 0 Å². The fourth-order valence-corrected chi connectivity index (χ4v) is 3.24. The molecule has 0 atom stereocenters. The number of sulfonamides is 1. The van der Waals surface area contributed by atoms with E-state index in [0.29, 0.717) is 0 Å². The van der Waals surface area contributed by atoms with Gasteiger partial charge in [-0.1, -0.05) is 36.4 Å². The minimum absolute atomic E-state index is 0.236. The fraction of sp³-hybridized carbons (Fsp3) is 0.188. The molecular weight excluding hydrogens is 346 g/mol. The average Bonchev–Trinajstić information content (AvgIpc) is 2.61. The molecule has 0 radical (unpaired) electrons. The number of nitro benzene ring substituents is 1. The maximum atomic E-state index is 12.4. The molecule has 0 saturated heterocycles. The molecular formula is C16H17N3O5S. The molecule has 0 aliphatic carbocycles. The lowest BCUT2D eigenvalue weighted by Gasteiger charge is -2.16. The maximum absolute atomic E-state index is 12.4. The van der Waals surface area contributed by atoms with Gasteiger partial charge in [-0.05, 0) is 11.6 Å². The molecule has 132 valence electrons. The predicted molar refractivity (Wildman–Crippen MR) is 91.2 cm³/mol. The smallest absolute Gasteiger partial charge is 0.270 e. The summed E-state index contributed by atoms with van der Waals surface area (Å²) < 4.78 is 25.7. The first kappa shape index (κ1) is 18.6. The zero-order valence-corrected chi connectivity index (χ0v) is 14.3. The summed E-state index contributed by atoms with van der Waals surface area (Å²) in [6.45, 7) is -0.109. The number of hydrogen-bond acceptors (Lipinski definition) is 5. The Kier molecular flexibility index (Phi) is 5.84. The summed E-state index contributed by atoms with van der Waals surface area (Å²) in [6, 6.07) is 13.9. The van der Waals surface area contributed by atoms with Gasteiger partial charge in [0, 0.05) is 25.7 Å². The first-order valence-electron chi connectivity index (χ1n) is 7.32. The monoisotopic (exact) mass is 363 g/mol. The van der Waals surface area contributed by atoms with Crippen LogP contribution in [0.3, 0.4) is 0 Å². The summed E-state index contributed by atoms with van der Waals surface area (Å²) in [5.74, 6) is -0.472. The van der Waals surface area contributed by atoms with E-state index in [1.807, 2.05) is 30.3 Å². The zero-order valence-electron chi connectivity index (χ0n) is 13.5. The minimum Gasteiger partial charge on any atom is -0.351 e. The third-order valence-electron chi connectivity index (χ3n) is 3.44. The Bertz CT molecular complexity index is 868. The van der Waals surface area contributed by atoms with E-state index >= 15 is 0 Å². The van der Waals surface area contributed by atoms with Crippen LogP contribution in [0.5, 0.6) is 0 Å². The molecule has 0 aliphatic rings. The van der Waals surface area contributed by atoms with Gasteiger partial charge in [0.25, 0.3) is 5.69 Å². The summed E-state index contributed by atoms with van der Waals surface area (Å²) in [7, 11) is -2.76. The van der Waals surface area contributed by atoms with Gasteiger partial charge in [0.05, 0.1) is 16.4 Å². The molecule has 0 aliphatic heterocycles. The van der Waals surface area contributed by atoms with Crippen molar-refractivity contribution in [2.24, 2.45) is 0 Å². The van der Waals surface area contributed by atoms with Gasteiger partial charge < -0.3 is 5.32 Å². The van der Waals surface area contributed by atoms with Gasteiger partial charge in [-0.3, -0.25) is 14.9 Å². The van der Waals surface area contributed by atoms with Crippen LogP contribution in [0.25, 0.3) is 0 Å². The largest absolute Gasteiger partial charge is 0.351 e. The second kappa shape index (κ2) is 7.86. The van der Waals surface area contributed by atoms with E-state index in [1.54, 1.807) is 0 Å². The highest BCUT2D eigenvalue weighted by molar-refractivity contribution is 7.89. The highest BCUT2D eigenvalue weighted by Gasteiger charge is 2.24. The predicted octanol–water partition coefficient (Wildman–Crippen LogP) is 1.53. The second-order valence-electron chi connectivity index (χ2n) is 5.28. The number of carbonyl (C=O) groups excluding carboxylic acids is 1. The molecule has 0 fully saturated rings. The number of carbonyl (C=O) groups is 1. The van der Waals surface area contributed by atoms with E-state index in [4.69, 9.17) is 0 Å². The average molecular weight is 363 g/mol. The van der Waals surface area contributed by atoms with Crippen molar-refractivity contribution in [2.75, 3.05) is 13.6 Å². The number of rotatable bonds is 7. The molecule has 0 aromatic heterocycles. The summed E-state index contributed by atoms with van der Waals surface area (Å²) in [6.07, 6.45) is 0. The molecule has 25 heavy (non-hydrogen) atoms. The Balaban J connectivity index is 2.03. The van der Waals surface area contributed by atoms with Crippen LogP contribution in [0.4, 0.5) is 5.69 Å². The highest BCUT2D eigenvalue weighted by atomic mass is 32.2. The van der Waals surface area contributed by atoms with E-state index in [2.05, 4.69) is 5.32 Å². The Morgan fingerprint density at radius 1 is 1.16 bits per heavy atom. The number of likely N-dealkylation sites (N-methyl/N-ethyl adjacent to an activating group) is 1. The SMILES string of the molecule is CN(CC(=O)NCc1ccccc1)S(=O)(=O)c1cccc([N+](=O)[O-])c1. The Labute approximate surface area is 145 Å². The molecule has 0 unspecified atom stereocenters. The molecule has 0 bridgehead atoms. The van der Waals surface area contributed by atoms with Gasteiger partial charge in [0.2, 0.25) is 15.9 Å². The Morgan fingerprint density at radius 2 is 1.84 bits per heavy atom. The van der Waals surface area contributed by atoms with Crippen LogP contribution in [-0.4, -0.2) is 37.1 Å². The quantitative estimate of drug-likeness (QED) is 0.593. The van der Waals surface area contributed by atoms with E-state index in [1.165, 1.54) is 25.2 Å². The van der Waals surface area contributed by atoms with E-state index in [0.717, 1.165) is 15.9 Å². The third-order valence-corrected chi connectivity index (χ3v) is 5.23. The number of non-ortho nitro benzene ring substituents is 1. The molecule has 2 aromatic rings. The maximum Gasteiger partial charge on any atom is 0.270 e. The van der Waals surface area contributed by atoms with Crippen LogP contribution in [0, 0.1) is 10.1 Å². The Hall–Kier alpha value is -2.78. The van der Waals surface area contributed by atoms with E-state index < -0.39 is 27.4 Å². The molecule has 0 saturated carbocycles. The standard InChI is InChI=1S/C16H17N3O5S/c1-18(12-16(20)17-11-13-6-3-2-4-7-13)25(23,24)15-9-5-8-14(10-15)19(21)22/h2-10H,11-12H2,1H3,(H,17,20). The lowest BCUT2D eigenvalue weighted by molar-refractivity contribution is -0.385. The number of nitrogens with one attached hydrogen (secondary N) is 1. The molecule has 0 heterocycles. The van der Waals surface area contributed by atoms with Gasteiger partial charge in [-0.15, -0.1) is 0 Å². The van der Waals surface area contributed by atoms with Crippen LogP contribution in [-0.2, 0) is 21.4 Å². The lowest BCUT2D eigenvalue weighted by Crippen LogP contribution is -2.38. The van der Waals surface area contributed by atoms with Crippen molar-refractivity contribution in [1.29, 1.82) is 0 Å². The molecule has 8 nitrogen and oxygen atoms in total. The number of nitrogens with zero attached hydrogens (tertiary/aromatic N) is 2. The van der Waals surface area contributed by atoms with Gasteiger partial charge in [0.1, 0.15) is 0 Å². The number of amides is 1. The number of nitro groups is 1. The van der Waals surface area contributed by atoms with Crippen molar-refractivity contribution in [3.8, 4) is 0 Å². The molecule has 1 N–H and O–H groups in total. The van der Waals surface area contributed by atoms with Crippen LogP contribution < -0.4 is 5.32 Å². The van der Waals surface area contributed by atoms with Crippen molar-refractivity contribution in [2.45, 2.75) is 11.4 Å². The molecule has 2 aromatic carbocycles. The summed E-state index contributed by atoms with van der Waals surface area (Å²) in [5, 5.41) is 13.4. The van der Waals surface area contributed by atoms with E-state index in [9.17, 15) is 23.3 Å². The van der Waals surface area contributed by atoms with Gasteiger partial charge in [-0.2, -0.15) is 4.31 Å². The van der Waals surface area contributed by atoms with Crippen molar-refractivity contribution in [3.05, 3.63) is 70.3 Å². The summed E-state index contributed by atoms with van der Waals surface area (Å²) in [4.78, 5) is 21.8. The van der Waals surface area contributed by atoms with Crippen LogP contribution >= 0.6 is 0 Å². The van der Waals surface area contributed by atoms with Crippen LogP contribution in [0.15, 0.2) is 59.5 Å². The van der Waals surface area contributed by atoms with Gasteiger partial charge in [0.15, 0.2) is 0 Å². The molecule has 2 rings (SSSR count). The fourth-order valence-electron chi connectivity index (χ4n) is 2.08. The van der Waals surface area contributed by atoms with Gasteiger partial charge >= 0.3 is 0 Å². The highest BCUT2D eigenvalue weighted by Crippen LogP contribution is 2.19.